The zero-order chi connectivity index (χ0) is 13.3. The number of halogens is 1. The van der Waals surface area contributed by atoms with Crippen LogP contribution in [0.2, 0.25) is 0 Å². The Kier molecular flexibility index (Phi) is 2.79. The fourth-order valence-corrected chi connectivity index (χ4v) is 1.62. The first-order valence-electron chi connectivity index (χ1n) is 5.47. The van der Waals surface area contributed by atoms with Gasteiger partial charge in [-0.05, 0) is 31.5 Å². The highest BCUT2D eigenvalue weighted by Gasteiger charge is 2.21. The second-order valence-corrected chi connectivity index (χ2v) is 4.59. The number of nitrogens with zero attached hydrogens (tertiary/aromatic N) is 3. The van der Waals surface area contributed by atoms with E-state index < -0.39 is 11.2 Å². The molecule has 4 nitrogen and oxygen atoms in total. The summed E-state index contributed by atoms with van der Waals surface area (Å²) in [6.45, 7) is 3.49. The summed E-state index contributed by atoms with van der Waals surface area (Å²) in [7, 11) is 0. The largest absolute Gasteiger partial charge is 0.382 e. The van der Waals surface area contributed by atoms with Gasteiger partial charge in [-0.2, -0.15) is 10.4 Å². The van der Waals surface area contributed by atoms with Gasteiger partial charge in [-0.3, -0.25) is 0 Å². The number of aromatic nitrogens is 2. The third-order valence-electron chi connectivity index (χ3n) is 2.81. The second-order valence-electron chi connectivity index (χ2n) is 4.59. The van der Waals surface area contributed by atoms with Crippen LogP contribution < -0.4 is 5.73 Å². The van der Waals surface area contributed by atoms with Gasteiger partial charge in [0.1, 0.15) is 17.3 Å². The Morgan fingerprint density at radius 1 is 1.39 bits per heavy atom. The lowest BCUT2D eigenvalue weighted by atomic mass is 9.86. The summed E-state index contributed by atoms with van der Waals surface area (Å²) in [5.74, 6) is -0.102. The van der Waals surface area contributed by atoms with Gasteiger partial charge in [-0.25, -0.2) is 9.07 Å². The third-order valence-corrected chi connectivity index (χ3v) is 2.81. The smallest absolute Gasteiger partial charge is 0.149 e. The molecule has 2 N–H and O–H groups in total. The first-order chi connectivity index (χ1) is 8.44. The van der Waals surface area contributed by atoms with Crippen LogP contribution in [0.4, 0.5) is 10.2 Å². The predicted molar refractivity (Wildman–Crippen MR) is 66.6 cm³/mol. The summed E-state index contributed by atoms with van der Waals surface area (Å²) in [6.07, 6.45) is 1.59. The van der Waals surface area contributed by atoms with Gasteiger partial charge in [0.05, 0.1) is 11.5 Å². The molecule has 92 valence electrons. The summed E-state index contributed by atoms with van der Waals surface area (Å²) in [5.41, 5.74) is 5.71. The SMILES string of the molecule is CC(C)(C#N)c1ccc(-n2ccc(N)n2)c(F)c1. The Balaban J connectivity index is 2.47. The van der Waals surface area contributed by atoms with Crippen molar-refractivity contribution in [2.24, 2.45) is 0 Å². The van der Waals surface area contributed by atoms with Crippen LogP contribution >= 0.6 is 0 Å². The quantitative estimate of drug-likeness (QED) is 0.881. The minimum Gasteiger partial charge on any atom is -0.382 e. The van der Waals surface area contributed by atoms with Gasteiger partial charge < -0.3 is 5.73 Å². The third kappa shape index (κ3) is 2.05. The van der Waals surface area contributed by atoms with Crippen LogP contribution in [0.25, 0.3) is 5.69 Å². The maximum absolute atomic E-state index is 14.0. The van der Waals surface area contributed by atoms with Crippen molar-refractivity contribution in [1.29, 1.82) is 5.26 Å². The molecule has 0 bridgehead atoms. The Morgan fingerprint density at radius 3 is 2.61 bits per heavy atom. The van der Waals surface area contributed by atoms with Crippen molar-refractivity contribution in [2.75, 3.05) is 5.73 Å². The van der Waals surface area contributed by atoms with Crippen LogP contribution in [0.1, 0.15) is 19.4 Å². The number of nitrogens with two attached hydrogens (primary N) is 1. The Labute approximate surface area is 104 Å². The average molecular weight is 244 g/mol. The van der Waals surface area contributed by atoms with Crippen molar-refractivity contribution in [3.05, 3.63) is 41.8 Å². The number of hydrogen-bond acceptors (Lipinski definition) is 3. The van der Waals surface area contributed by atoms with E-state index in [1.807, 2.05) is 0 Å². The number of rotatable bonds is 2. The number of anilines is 1. The van der Waals surface area contributed by atoms with Gasteiger partial charge in [0, 0.05) is 12.3 Å². The van der Waals surface area contributed by atoms with E-state index in [1.54, 1.807) is 38.2 Å². The van der Waals surface area contributed by atoms with E-state index >= 15 is 0 Å². The molecule has 0 radical (unpaired) electrons. The van der Waals surface area contributed by atoms with Crippen molar-refractivity contribution in [3.8, 4) is 11.8 Å². The monoisotopic (exact) mass is 244 g/mol. The lowest BCUT2D eigenvalue weighted by Crippen LogP contribution is -2.14. The summed E-state index contributed by atoms with van der Waals surface area (Å²) >= 11 is 0. The number of hydrogen-bond donors (Lipinski definition) is 1. The van der Waals surface area contributed by atoms with Crippen molar-refractivity contribution >= 4 is 5.82 Å². The molecule has 5 heteroatoms. The summed E-state index contributed by atoms with van der Waals surface area (Å²) < 4.78 is 15.4. The molecule has 1 heterocycles. The molecule has 0 spiro atoms. The average Bonchev–Trinajstić information content (AvgIpc) is 2.75. The summed E-state index contributed by atoms with van der Waals surface area (Å²) in [6, 6.07) is 8.40. The zero-order valence-electron chi connectivity index (χ0n) is 10.2. The highest BCUT2D eigenvalue weighted by molar-refractivity contribution is 5.41. The molecule has 0 aliphatic carbocycles. The topological polar surface area (TPSA) is 67.6 Å². The van der Waals surface area contributed by atoms with Gasteiger partial charge in [-0.1, -0.05) is 6.07 Å². The predicted octanol–water partition coefficient (Wildman–Crippen LogP) is 2.39. The molecule has 0 saturated heterocycles. The standard InChI is InChI=1S/C13H13FN4/c1-13(2,8-15)9-3-4-11(10(14)7-9)18-6-5-12(16)17-18/h3-7H,1-2H3,(H2,16,17). The van der Waals surface area contributed by atoms with Crippen LogP contribution in [0.3, 0.4) is 0 Å². The minimum absolute atomic E-state index is 0.309. The van der Waals surface area contributed by atoms with E-state index in [0.717, 1.165) is 0 Å². The highest BCUT2D eigenvalue weighted by atomic mass is 19.1. The van der Waals surface area contributed by atoms with Crippen LogP contribution in [-0.4, -0.2) is 9.78 Å². The van der Waals surface area contributed by atoms with Crippen molar-refractivity contribution < 1.29 is 4.39 Å². The van der Waals surface area contributed by atoms with Crippen LogP contribution in [-0.2, 0) is 5.41 Å². The van der Waals surface area contributed by atoms with Crippen LogP contribution in [0, 0.1) is 17.1 Å². The fourth-order valence-electron chi connectivity index (χ4n) is 1.62. The lowest BCUT2D eigenvalue weighted by molar-refractivity contribution is 0.598. The zero-order valence-corrected chi connectivity index (χ0v) is 10.2. The minimum atomic E-state index is -0.720. The molecular weight excluding hydrogens is 231 g/mol. The van der Waals surface area contributed by atoms with E-state index in [-0.39, 0.29) is 0 Å². The first kappa shape index (κ1) is 12.1. The number of benzene rings is 1. The van der Waals surface area contributed by atoms with E-state index in [1.165, 1.54) is 10.7 Å². The maximum Gasteiger partial charge on any atom is 0.149 e. The van der Waals surface area contributed by atoms with Crippen molar-refractivity contribution in [1.82, 2.24) is 9.78 Å². The highest BCUT2D eigenvalue weighted by Crippen LogP contribution is 2.25. The van der Waals surface area contributed by atoms with E-state index in [9.17, 15) is 4.39 Å². The van der Waals surface area contributed by atoms with E-state index in [2.05, 4.69) is 11.2 Å². The lowest BCUT2D eigenvalue weighted by Gasteiger charge is -2.16. The molecular formula is C13H13FN4. The van der Waals surface area contributed by atoms with Crippen molar-refractivity contribution in [2.45, 2.75) is 19.3 Å². The maximum atomic E-state index is 14.0. The number of nitriles is 1. The van der Waals surface area contributed by atoms with Gasteiger partial charge in [0.25, 0.3) is 0 Å². The van der Waals surface area contributed by atoms with Crippen LogP contribution in [0.15, 0.2) is 30.5 Å². The normalized spacial score (nSPS) is 11.2. The van der Waals surface area contributed by atoms with E-state index in [4.69, 9.17) is 11.0 Å². The second kappa shape index (κ2) is 4.15. The fraction of sp³-hybridized carbons (Fsp3) is 0.231. The Hall–Kier alpha value is -2.35. The molecule has 0 saturated carbocycles. The molecule has 0 unspecified atom stereocenters. The molecule has 18 heavy (non-hydrogen) atoms. The number of nitrogen functional groups attached to an aromatic ring is 1. The first-order valence-corrected chi connectivity index (χ1v) is 5.47. The molecule has 0 fully saturated rings. The van der Waals surface area contributed by atoms with Gasteiger partial charge in [0.2, 0.25) is 0 Å². The van der Waals surface area contributed by atoms with Gasteiger partial charge in [0.15, 0.2) is 0 Å². The molecule has 0 amide bonds. The Bertz CT molecular complexity index is 622. The molecule has 0 atom stereocenters. The molecule has 0 aliphatic heterocycles. The van der Waals surface area contributed by atoms with Crippen LogP contribution in [0.5, 0.6) is 0 Å². The molecule has 0 aliphatic rings. The summed E-state index contributed by atoms with van der Waals surface area (Å²) in [5, 5.41) is 13.0. The van der Waals surface area contributed by atoms with Gasteiger partial charge >= 0.3 is 0 Å². The van der Waals surface area contributed by atoms with E-state index in [0.29, 0.717) is 17.1 Å². The molecule has 2 aromatic rings. The molecule has 1 aromatic carbocycles. The molecule has 1 aromatic heterocycles. The van der Waals surface area contributed by atoms with Gasteiger partial charge in [-0.15, -0.1) is 0 Å². The summed E-state index contributed by atoms with van der Waals surface area (Å²) in [4.78, 5) is 0. The molecule has 2 rings (SSSR count). The van der Waals surface area contributed by atoms with Crippen molar-refractivity contribution in [3.63, 3.8) is 0 Å². The Morgan fingerprint density at radius 2 is 2.11 bits per heavy atom.